The number of carbonyl (C=O) groups excluding carboxylic acids is 3. The average Bonchev–Trinajstić information content (AvgIpc) is 2.64. The summed E-state index contributed by atoms with van der Waals surface area (Å²) in [6.07, 6.45) is -0.737. The molecule has 2 N–H and O–H groups in total. The monoisotopic (exact) mass is 430 g/mol. The molecule has 2 atom stereocenters. The van der Waals surface area contributed by atoms with Gasteiger partial charge in [0.1, 0.15) is 24.2 Å². The van der Waals surface area contributed by atoms with Gasteiger partial charge in [0.05, 0.1) is 6.07 Å². The van der Waals surface area contributed by atoms with Crippen molar-refractivity contribution in [3.8, 4) is 6.07 Å². The summed E-state index contributed by atoms with van der Waals surface area (Å²) >= 11 is 0. The van der Waals surface area contributed by atoms with Crippen molar-refractivity contribution < 1.29 is 19.1 Å². The molecule has 1 aromatic carbocycles. The van der Waals surface area contributed by atoms with Crippen LogP contribution in [0.2, 0.25) is 0 Å². The smallest absolute Gasteiger partial charge is 0.408 e. The topological polar surface area (TPSA) is 112 Å². The number of nitrogens with zero attached hydrogens (tertiary/aromatic N) is 2. The Kier molecular flexibility index (Phi) is 9.50. The number of ether oxygens (including phenoxy) is 1. The van der Waals surface area contributed by atoms with E-state index in [0.717, 1.165) is 0 Å². The molecule has 8 heteroatoms. The zero-order valence-corrected chi connectivity index (χ0v) is 19.4. The first kappa shape index (κ1) is 26.0. The minimum Gasteiger partial charge on any atom is -0.444 e. The molecule has 0 aliphatic heterocycles. The Morgan fingerprint density at radius 3 is 2.10 bits per heavy atom. The molecule has 8 nitrogen and oxygen atoms in total. The fraction of sp³-hybridized carbons (Fsp3) is 0.565. The average molecular weight is 431 g/mol. The number of alkyl carbamates (subject to hydrolysis) is 1. The molecule has 0 heterocycles. The highest BCUT2D eigenvalue weighted by atomic mass is 16.6. The van der Waals surface area contributed by atoms with E-state index < -0.39 is 35.6 Å². The standard InChI is InChI=1S/C23H34N4O4/c1-15(2)18(26-22(30)31-23(5,6)7)21(29)27(14-13-24)19(20(28)25-16(3)4)17-11-9-8-10-12-17/h8-12,15-16,18-19H,14H2,1-7H3,(H,25,28)(H,26,30). The number of benzene rings is 1. The third-order valence-corrected chi connectivity index (χ3v) is 4.24. The molecule has 0 saturated heterocycles. The zero-order chi connectivity index (χ0) is 23.8. The maximum absolute atomic E-state index is 13.5. The molecule has 2 unspecified atom stereocenters. The van der Waals surface area contributed by atoms with Crippen molar-refractivity contribution in [3.63, 3.8) is 0 Å². The lowest BCUT2D eigenvalue weighted by Gasteiger charge is -2.34. The lowest BCUT2D eigenvalue weighted by atomic mass is 9.99. The summed E-state index contributed by atoms with van der Waals surface area (Å²) < 4.78 is 5.29. The molecule has 0 fully saturated rings. The molecule has 0 aliphatic carbocycles. The van der Waals surface area contributed by atoms with Gasteiger partial charge in [-0.1, -0.05) is 44.2 Å². The van der Waals surface area contributed by atoms with Crippen LogP contribution in [0.3, 0.4) is 0 Å². The summed E-state index contributed by atoms with van der Waals surface area (Å²) in [5.74, 6) is -1.23. The Morgan fingerprint density at radius 1 is 1.06 bits per heavy atom. The SMILES string of the molecule is CC(C)NC(=O)C(c1ccccc1)N(CC#N)C(=O)C(NC(=O)OC(C)(C)C)C(C)C. The van der Waals surface area contributed by atoms with E-state index in [9.17, 15) is 19.6 Å². The largest absolute Gasteiger partial charge is 0.444 e. The summed E-state index contributed by atoms with van der Waals surface area (Å²) in [5, 5.41) is 14.8. The molecule has 0 radical (unpaired) electrons. The van der Waals surface area contributed by atoms with Crippen LogP contribution >= 0.6 is 0 Å². The van der Waals surface area contributed by atoms with Crippen LogP contribution in [0.1, 0.15) is 60.1 Å². The van der Waals surface area contributed by atoms with Gasteiger partial charge in [0, 0.05) is 6.04 Å². The molecule has 1 rings (SSSR count). The van der Waals surface area contributed by atoms with Gasteiger partial charge in [0.25, 0.3) is 0 Å². The van der Waals surface area contributed by atoms with Gasteiger partial charge >= 0.3 is 6.09 Å². The maximum Gasteiger partial charge on any atom is 0.408 e. The number of hydrogen-bond donors (Lipinski definition) is 2. The Balaban J connectivity index is 3.33. The van der Waals surface area contributed by atoms with Crippen LogP contribution in [0.4, 0.5) is 4.79 Å². The first-order chi connectivity index (χ1) is 14.4. The predicted molar refractivity (Wildman–Crippen MR) is 118 cm³/mol. The van der Waals surface area contributed by atoms with Gasteiger partial charge < -0.3 is 20.3 Å². The van der Waals surface area contributed by atoms with Gasteiger partial charge in [-0.2, -0.15) is 5.26 Å². The molecule has 31 heavy (non-hydrogen) atoms. The molecule has 0 saturated carbocycles. The fourth-order valence-electron chi connectivity index (χ4n) is 2.97. The number of amides is 3. The van der Waals surface area contributed by atoms with E-state index in [2.05, 4.69) is 10.6 Å². The number of nitrogens with one attached hydrogen (secondary N) is 2. The summed E-state index contributed by atoms with van der Waals surface area (Å²) in [6, 6.07) is 8.62. The minimum absolute atomic E-state index is 0.154. The van der Waals surface area contributed by atoms with E-state index in [1.165, 1.54) is 4.90 Å². The number of carbonyl (C=O) groups is 3. The van der Waals surface area contributed by atoms with Gasteiger partial charge in [-0.15, -0.1) is 0 Å². The Labute approximate surface area is 184 Å². The lowest BCUT2D eigenvalue weighted by Crippen LogP contribution is -2.55. The van der Waals surface area contributed by atoms with Crippen LogP contribution in [0.5, 0.6) is 0 Å². The third kappa shape index (κ3) is 8.28. The van der Waals surface area contributed by atoms with Crippen molar-refractivity contribution in [2.24, 2.45) is 5.92 Å². The van der Waals surface area contributed by atoms with Gasteiger partial charge in [-0.25, -0.2) is 4.79 Å². The van der Waals surface area contributed by atoms with Crippen molar-refractivity contribution in [3.05, 3.63) is 35.9 Å². The lowest BCUT2D eigenvalue weighted by molar-refractivity contribution is -0.142. The van der Waals surface area contributed by atoms with Crippen LogP contribution in [-0.2, 0) is 14.3 Å². The summed E-state index contributed by atoms with van der Waals surface area (Å²) in [5.41, 5.74) is -0.158. The molecule has 0 aromatic heterocycles. The van der Waals surface area contributed by atoms with Crippen LogP contribution in [0.25, 0.3) is 0 Å². The van der Waals surface area contributed by atoms with E-state index in [4.69, 9.17) is 4.74 Å². The molecule has 0 spiro atoms. The highest BCUT2D eigenvalue weighted by molar-refractivity contribution is 5.92. The van der Waals surface area contributed by atoms with Crippen LogP contribution in [0, 0.1) is 17.2 Å². The summed E-state index contributed by atoms with van der Waals surface area (Å²) in [6.45, 7) is 12.0. The number of nitriles is 1. The van der Waals surface area contributed by atoms with Crippen molar-refractivity contribution in [1.29, 1.82) is 5.26 Å². The van der Waals surface area contributed by atoms with Gasteiger partial charge in [-0.05, 0) is 46.1 Å². The van der Waals surface area contributed by atoms with E-state index in [-0.39, 0.29) is 18.5 Å². The third-order valence-electron chi connectivity index (χ3n) is 4.24. The fourth-order valence-corrected chi connectivity index (χ4v) is 2.97. The van der Waals surface area contributed by atoms with Gasteiger partial charge in [0.15, 0.2) is 0 Å². The van der Waals surface area contributed by atoms with Crippen LogP contribution in [0.15, 0.2) is 30.3 Å². The number of hydrogen-bond acceptors (Lipinski definition) is 5. The second-order valence-corrected chi connectivity index (χ2v) is 8.97. The van der Waals surface area contributed by atoms with E-state index >= 15 is 0 Å². The van der Waals surface area contributed by atoms with E-state index in [1.807, 2.05) is 19.9 Å². The van der Waals surface area contributed by atoms with Crippen LogP contribution in [-0.4, -0.2) is 47.0 Å². The summed E-state index contributed by atoms with van der Waals surface area (Å²) in [7, 11) is 0. The maximum atomic E-state index is 13.5. The Bertz CT molecular complexity index is 794. The van der Waals surface area contributed by atoms with Crippen molar-refractivity contribution >= 4 is 17.9 Å². The minimum atomic E-state index is -1.02. The van der Waals surface area contributed by atoms with Gasteiger partial charge in [-0.3, -0.25) is 9.59 Å². The van der Waals surface area contributed by atoms with E-state index in [0.29, 0.717) is 5.56 Å². The zero-order valence-electron chi connectivity index (χ0n) is 19.4. The van der Waals surface area contributed by atoms with Gasteiger partial charge in [0.2, 0.25) is 11.8 Å². The quantitative estimate of drug-likeness (QED) is 0.616. The first-order valence-corrected chi connectivity index (χ1v) is 10.4. The van der Waals surface area contributed by atoms with Crippen LogP contribution < -0.4 is 10.6 Å². The van der Waals surface area contributed by atoms with E-state index in [1.54, 1.807) is 65.0 Å². The summed E-state index contributed by atoms with van der Waals surface area (Å²) in [4.78, 5) is 40.1. The highest BCUT2D eigenvalue weighted by Gasteiger charge is 2.37. The predicted octanol–water partition coefficient (Wildman–Crippen LogP) is 3.15. The molecular formula is C23H34N4O4. The van der Waals surface area contributed by atoms with Crippen molar-refractivity contribution in [2.75, 3.05) is 6.54 Å². The second kappa shape index (κ2) is 11.3. The first-order valence-electron chi connectivity index (χ1n) is 10.4. The molecule has 3 amide bonds. The van der Waals surface area contributed by atoms with Crippen molar-refractivity contribution in [2.45, 2.75) is 72.2 Å². The Morgan fingerprint density at radius 2 is 1.65 bits per heavy atom. The molecule has 170 valence electrons. The van der Waals surface area contributed by atoms with Crippen molar-refractivity contribution in [1.82, 2.24) is 15.5 Å². The molecule has 0 bridgehead atoms. The molecule has 1 aromatic rings. The normalized spacial score (nSPS) is 13.2. The highest BCUT2D eigenvalue weighted by Crippen LogP contribution is 2.23. The number of rotatable bonds is 8. The Hall–Kier alpha value is -3.08. The molecule has 0 aliphatic rings. The molecular weight excluding hydrogens is 396 g/mol. The second-order valence-electron chi connectivity index (χ2n) is 8.97.